The van der Waals surface area contributed by atoms with Crippen LogP contribution in [-0.4, -0.2) is 46.7 Å². The van der Waals surface area contributed by atoms with Crippen LogP contribution in [0.15, 0.2) is 29.2 Å². The normalized spacial score (nSPS) is 24.7. The quantitative estimate of drug-likeness (QED) is 0.545. The number of carbonyl (C=O) groups excluding carboxylic acids is 1. The molecule has 0 saturated carbocycles. The maximum absolute atomic E-state index is 12.3. The Morgan fingerprint density at radius 1 is 1.26 bits per heavy atom. The topological polar surface area (TPSA) is 96.5 Å². The van der Waals surface area contributed by atoms with Crippen molar-refractivity contribution in [2.24, 2.45) is 5.92 Å². The predicted octanol–water partition coefficient (Wildman–Crippen LogP) is 1.15. The number of ether oxygens (including phenoxy) is 1. The molecular weight excluding hydrogens is 366 g/mol. The van der Waals surface area contributed by atoms with Gasteiger partial charge in [-0.25, -0.2) is 13.1 Å². The summed E-state index contributed by atoms with van der Waals surface area (Å²) >= 11 is 0. The Labute approximate surface area is 161 Å². The second-order valence-electron chi connectivity index (χ2n) is 7.49. The van der Waals surface area contributed by atoms with Crippen LogP contribution >= 0.6 is 0 Å². The Morgan fingerprint density at radius 3 is 2.70 bits per heavy atom. The van der Waals surface area contributed by atoms with Crippen molar-refractivity contribution >= 4 is 15.9 Å². The zero-order chi connectivity index (χ0) is 19.3. The Hall–Kier alpha value is -1.48. The molecule has 8 heteroatoms. The average Bonchev–Trinajstić information content (AvgIpc) is 2.99. The van der Waals surface area contributed by atoms with Crippen LogP contribution in [0.4, 0.5) is 0 Å². The van der Waals surface area contributed by atoms with Gasteiger partial charge in [-0.05, 0) is 49.3 Å². The number of hydrogen-bond donors (Lipinski definition) is 3. The Kier molecular flexibility index (Phi) is 6.86. The highest BCUT2D eigenvalue weighted by molar-refractivity contribution is 7.89. The lowest BCUT2D eigenvalue weighted by molar-refractivity contribution is -0.122. The number of piperidine rings is 1. The summed E-state index contributed by atoms with van der Waals surface area (Å²) in [6, 6.07) is 7.81. The summed E-state index contributed by atoms with van der Waals surface area (Å²) < 4.78 is 31.9. The third-order valence-corrected chi connectivity index (χ3v) is 6.80. The highest BCUT2D eigenvalue weighted by Gasteiger charge is 2.34. The second kappa shape index (κ2) is 9.14. The largest absolute Gasteiger partial charge is 0.383 e. The molecule has 0 aliphatic carbocycles. The van der Waals surface area contributed by atoms with Crippen molar-refractivity contribution in [3.63, 3.8) is 0 Å². The number of fused-ring (bicyclic) bond motifs is 2. The Bertz CT molecular complexity index is 741. The summed E-state index contributed by atoms with van der Waals surface area (Å²) in [5.41, 5.74) is 0.767. The van der Waals surface area contributed by atoms with Crippen LogP contribution in [0, 0.1) is 5.92 Å². The second-order valence-corrected chi connectivity index (χ2v) is 9.26. The summed E-state index contributed by atoms with van der Waals surface area (Å²) in [5, 5.41) is 6.52. The fraction of sp³-hybridized carbons (Fsp3) is 0.632. The molecule has 2 atom stereocenters. The van der Waals surface area contributed by atoms with Crippen LogP contribution in [0.2, 0.25) is 0 Å². The number of nitrogens with one attached hydrogen (secondary N) is 3. The molecule has 7 nitrogen and oxygen atoms in total. The van der Waals surface area contributed by atoms with Crippen LogP contribution in [0.1, 0.15) is 37.7 Å². The van der Waals surface area contributed by atoms with Gasteiger partial charge in [0.15, 0.2) is 0 Å². The first-order valence-corrected chi connectivity index (χ1v) is 11.0. The van der Waals surface area contributed by atoms with Gasteiger partial charge >= 0.3 is 0 Å². The molecule has 1 aromatic carbocycles. The van der Waals surface area contributed by atoms with Crippen LogP contribution < -0.4 is 15.4 Å². The van der Waals surface area contributed by atoms with E-state index in [1.165, 1.54) is 20.0 Å². The zero-order valence-electron chi connectivity index (χ0n) is 15.7. The van der Waals surface area contributed by atoms with Crippen LogP contribution in [0.5, 0.6) is 0 Å². The van der Waals surface area contributed by atoms with Gasteiger partial charge in [-0.1, -0.05) is 12.1 Å². The molecule has 0 radical (unpaired) electrons. The van der Waals surface area contributed by atoms with Crippen molar-refractivity contribution in [3.05, 3.63) is 29.8 Å². The minimum Gasteiger partial charge on any atom is -0.383 e. The van der Waals surface area contributed by atoms with Gasteiger partial charge < -0.3 is 15.4 Å². The van der Waals surface area contributed by atoms with Crippen molar-refractivity contribution < 1.29 is 17.9 Å². The van der Waals surface area contributed by atoms with Gasteiger partial charge in [-0.3, -0.25) is 4.79 Å². The number of carbonyl (C=O) groups is 1. The molecule has 2 aliphatic rings. The number of benzene rings is 1. The predicted molar refractivity (Wildman–Crippen MR) is 103 cm³/mol. The molecule has 2 fully saturated rings. The van der Waals surface area contributed by atoms with Gasteiger partial charge in [0, 0.05) is 38.7 Å². The summed E-state index contributed by atoms with van der Waals surface area (Å²) in [6.07, 6.45) is 5.14. The summed E-state index contributed by atoms with van der Waals surface area (Å²) in [4.78, 5) is 12.5. The fourth-order valence-electron chi connectivity index (χ4n) is 4.06. The van der Waals surface area contributed by atoms with Crippen LogP contribution in [0.3, 0.4) is 0 Å². The Morgan fingerprint density at radius 2 is 2.00 bits per heavy atom. The van der Waals surface area contributed by atoms with E-state index in [2.05, 4.69) is 15.4 Å². The van der Waals surface area contributed by atoms with Crippen molar-refractivity contribution in [1.82, 2.24) is 15.4 Å². The molecule has 1 aromatic rings. The van der Waals surface area contributed by atoms with Crippen molar-refractivity contribution in [2.75, 3.05) is 20.3 Å². The minimum absolute atomic E-state index is 0.0350. The minimum atomic E-state index is -3.57. The van der Waals surface area contributed by atoms with E-state index in [9.17, 15) is 13.2 Å². The average molecular weight is 396 g/mol. The lowest BCUT2D eigenvalue weighted by atomic mass is 9.89. The molecule has 1 amide bonds. The van der Waals surface area contributed by atoms with E-state index in [0.717, 1.165) is 18.4 Å². The van der Waals surface area contributed by atoms with E-state index < -0.39 is 10.0 Å². The first-order valence-electron chi connectivity index (χ1n) is 9.56. The molecule has 2 bridgehead atoms. The van der Waals surface area contributed by atoms with Crippen molar-refractivity contribution in [3.8, 4) is 0 Å². The zero-order valence-corrected chi connectivity index (χ0v) is 16.6. The molecule has 3 rings (SSSR count). The third kappa shape index (κ3) is 5.75. The molecule has 2 unspecified atom stereocenters. The molecule has 0 aromatic heterocycles. The van der Waals surface area contributed by atoms with E-state index in [0.29, 0.717) is 37.6 Å². The number of methoxy groups -OCH3 is 1. The Balaban J connectivity index is 1.50. The van der Waals surface area contributed by atoms with E-state index in [4.69, 9.17) is 4.74 Å². The van der Waals surface area contributed by atoms with Gasteiger partial charge in [0.05, 0.1) is 11.5 Å². The first kappa shape index (κ1) is 20.3. The summed E-state index contributed by atoms with van der Waals surface area (Å²) in [5.74, 6) is 0.480. The van der Waals surface area contributed by atoms with E-state index in [-0.39, 0.29) is 17.3 Å². The van der Waals surface area contributed by atoms with Gasteiger partial charge in [0.25, 0.3) is 0 Å². The van der Waals surface area contributed by atoms with Crippen molar-refractivity contribution in [2.45, 2.75) is 55.6 Å². The number of amides is 1. The van der Waals surface area contributed by atoms with Gasteiger partial charge in [0.2, 0.25) is 15.9 Å². The first-order chi connectivity index (χ1) is 13.0. The monoisotopic (exact) mass is 395 g/mol. The molecule has 150 valence electrons. The molecule has 2 aliphatic heterocycles. The SMILES string of the molecule is COCCNS(=O)(=O)c1cccc(CNC(=O)CC2CC3CCC(C2)N3)c1. The van der Waals surface area contributed by atoms with E-state index >= 15 is 0 Å². The van der Waals surface area contributed by atoms with Gasteiger partial charge in [0.1, 0.15) is 0 Å². The lowest BCUT2D eigenvalue weighted by Gasteiger charge is -2.28. The molecule has 0 spiro atoms. The summed E-state index contributed by atoms with van der Waals surface area (Å²) in [7, 11) is -2.05. The molecular formula is C19H29N3O4S. The fourth-order valence-corrected chi connectivity index (χ4v) is 5.14. The summed E-state index contributed by atoms with van der Waals surface area (Å²) in [6.45, 7) is 0.865. The number of sulfonamides is 1. The van der Waals surface area contributed by atoms with Gasteiger partial charge in [-0.2, -0.15) is 0 Å². The lowest BCUT2D eigenvalue weighted by Crippen LogP contribution is -2.39. The van der Waals surface area contributed by atoms with Crippen LogP contribution in [0.25, 0.3) is 0 Å². The van der Waals surface area contributed by atoms with E-state index in [1.54, 1.807) is 18.2 Å². The van der Waals surface area contributed by atoms with Crippen molar-refractivity contribution in [1.29, 1.82) is 0 Å². The molecule has 27 heavy (non-hydrogen) atoms. The highest BCUT2D eigenvalue weighted by atomic mass is 32.2. The smallest absolute Gasteiger partial charge is 0.240 e. The maximum Gasteiger partial charge on any atom is 0.240 e. The maximum atomic E-state index is 12.3. The van der Waals surface area contributed by atoms with E-state index in [1.807, 2.05) is 6.07 Å². The molecule has 2 saturated heterocycles. The third-order valence-electron chi connectivity index (χ3n) is 5.34. The number of rotatable bonds is 9. The highest BCUT2D eigenvalue weighted by Crippen LogP contribution is 2.32. The standard InChI is InChI=1S/C19H29N3O4S/c1-26-8-7-21-27(24,25)18-4-2-3-14(11-18)13-20-19(23)12-15-9-16-5-6-17(10-15)22-16/h2-4,11,15-17,21-22H,5-10,12-13H2,1H3,(H,20,23). The van der Waals surface area contributed by atoms with Crippen LogP contribution in [-0.2, 0) is 26.1 Å². The van der Waals surface area contributed by atoms with Gasteiger partial charge in [-0.15, -0.1) is 0 Å². The molecule has 2 heterocycles. The number of hydrogen-bond acceptors (Lipinski definition) is 5. The molecule has 3 N–H and O–H groups in total.